The summed E-state index contributed by atoms with van der Waals surface area (Å²) < 4.78 is 24.8. The minimum absolute atomic E-state index is 0.0167. The zero-order chi connectivity index (χ0) is 31.3. The Hall–Kier alpha value is -2.10. The molecule has 0 aromatic carbocycles. The fourth-order valence-electron chi connectivity index (χ4n) is 4.94. The number of allylic oxidation sites excluding steroid dienone is 2. The molecule has 0 aromatic heterocycles. The molecule has 0 saturated carbocycles. The molecule has 0 rings (SSSR count). The number of esters is 4. The van der Waals surface area contributed by atoms with E-state index in [0.717, 1.165) is 51.8 Å². The summed E-state index contributed by atoms with van der Waals surface area (Å²) in [6.45, 7) is 15.1. The van der Waals surface area contributed by atoms with Crippen molar-refractivity contribution in [3.63, 3.8) is 0 Å². The van der Waals surface area contributed by atoms with E-state index in [0.29, 0.717) is 3.59 Å². The Labute approximate surface area is 252 Å². The first-order valence-corrected chi connectivity index (χ1v) is 23.0. The second-order valence-electron chi connectivity index (χ2n) is 9.85. The molecule has 9 heteroatoms. The normalized spacial score (nSPS) is 12.9. The predicted molar refractivity (Wildman–Crippen MR) is 165 cm³/mol. The van der Waals surface area contributed by atoms with Crippen LogP contribution in [0.2, 0.25) is 13.3 Å². The average Bonchev–Trinajstić information content (AvgIpc) is 2.95. The zero-order valence-corrected chi connectivity index (χ0v) is 29.7. The van der Waals surface area contributed by atoms with Crippen LogP contribution in [0.15, 0.2) is 32.5 Å². The van der Waals surface area contributed by atoms with Crippen molar-refractivity contribution in [3.05, 3.63) is 32.5 Å². The van der Waals surface area contributed by atoms with Crippen molar-refractivity contribution in [2.75, 3.05) is 26.4 Å². The maximum absolute atomic E-state index is 14.1. The van der Waals surface area contributed by atoms with Gasteiger partial charge in [-0.05, 0) is 0 Å². The van der Waals surface area contributed by atoms with Crippen LogP contribution in [-0.4, -0.2) is 68.7 Å². The Morgan fingerprint density at radius 1 is 0.561 bits per heavy atom. The molecule has 234 valence electrons. The monoisotopic (exact) mass is 686 g/mol. The van der Waals surface area contributed by atoms with Gasteiger partial charge in [-0.15, -0.1) is 0 Å². The van der Waals surface area contributed by atoms with Crippen molar-refractivity contribution in [1.82, 2.24) is 0 Å². The maximum atomic E-state index is 14.1. The topological polar surface area (TPSA) is 105 Å². The molecule has 0 unspecified atom stereocenters. The number of hydrogen-bond acceptors (Lipinski definition) is 8. The first kappa shape index (κ1) is 38.9. The second kappa shape index (κ2) is 22.5. The first-order chi connectivity index (χ1) is 19.7. The van der Waals surface area contributed by atoms with Crippen molar-refractivity contribution >= 4 is 42.3 Å². The fraction of sp³-hybridized carbons (Fsp3) is 0.688. The molecule has 41 heavy (non-hydrogen) atoms. The van der Waals surface area contributed by atoms with E-state index in [1.807, 2.05) is 0 Å². The number of carbonyl (C=O) groups is 4. The Morgan fingerprint density at radius 3 is 1.34 bits per heavy atom. The van der Waals surface area contributed by atoms with E-state index < -0.39 is 42.3 Å². The molecule has 0 N–H and O–H groups in total. The van der Waals surface area contributed by atoms with Gasteiger partial charge >= 0.3 is 253 Å². The molecule has 0 aliphatic carbocycles. The molecule has 0 spiro atoms. The van der Waals surface area contributed by atoms with Crippen molar-refractivity contribution in [2.24, 2.45) is 0 Å². The standard InChI is InChI=1S/C20H27O8.3C4H9.Sn/c1-6-11-12-14(18(22)26-8-3)17(20(24)28-10-5)15(19(23)27-9-4)13-16(21)25-7-2;3*1-3-4-2;/h6,11H,7-10,12H2,1-5H3;3*1,3-4H2,2H3;/b11-6+,15-13?,17-14-;;;;. The fourth-order valence-corrected chi connectivity index (χ4v) is 21.6. The van der Waals surface area contributed by atoms with Crippen LogP contribution in [0.3, 0.4) is 0 Å². The van der Waals surface area contributed by atoms with Gasteiger partial charge in [0.2, 0.25) is 0 Å². The number of hydrogen-bond donors (Lipinski definition) is 0. The van der Waals surface area contributed by atoms with Gasteiger partial charge in [0, 0.05) is 0 Å². The van der Waals surface area contributed by atoms with Crippen LogP contribution in [0, 0.1) is 0 Å². The molecule has 0 heterocycles. The molecule has 0 bridgehead atoms. The van der Waals surface area contributed by atoms with Gasteiger partial charge in [0.25, 0.3) is 0 Å². The quantitative estimate of drug-likeness (QED) is 0.0313. The Kier molecular flexibility index (Phi) is 21.3. The second-order valence-corrected chi connectivity index (χ2v) is 22.9. The van der Waals surface area contributed by atoms with Crippen LogP contribution in [0.1, 0.15) is 100 Å². The van der Waals surface area contributed by atoms with Crippen LogP contribution >= 0.6 is 0 Å². The average molecular weight is 685 g/mol. The van der Waals surface area contributed by atoms with Crippen LogP contribution in [0.25, 0.3) is 0 Å². The molecular weight excluding hydrogens is 631 g/mol. The molecule has 0 atom stereocenters. The van der Waals surface area contributed by atoms with E-state index in [2.05, 4.69) is 20.8 Å². The Bertz CT molecular complexity index is 910. The third kappa shape index (κ3) is 12.3. The van der Waals surface area contributed by atoms with E-state index in [1.165, 1.54) is 0 Å². The Balaban J connectivity index is 8.49. The molecular formula is C32H54O8Sn. The van der Waals surface area contributed by atoms with Gasteiger partial charge in [-0.1, -0.05) is 0 Å². The van der Waals surface area contributed by atoms with Gasteiger partial charge in [0.1, 0.15) is 0 Å². The van der Waals surface area contributed by atoms with Crippen molar-refractivity contribution < 1.29 is 38.1 Å². The van der Waals surface area contributed by atoms with Gasteiger partial charge in [-0.2, -0.15) is 0 Å². The van der Waals surface area contributed by atoms with Crippen molar-refractivity contribution in [1.29, 1.82) is 0 Å². The summed E-state index contributed by atoms with van der Waals surface area (Å²) in [5, 5.41) is 0. The van der Waals surface area contributed by atoms with Crippen LogP contribution < -0.4 is 0 Å². The Morgan fingerprint density at radius 2 is 0.951 bits per heavy atom. The summed E-state index contributed by atoms with van der Waals surface area (Å²) in [4.78, 5) is 55.3. The van der Waals surface area contributed by atoms with E-state index in [-0.39, 0.29) is 49.6 Å². The van der Waals surface area contributed by atoms with Crippen LogP contribution in [-0.2, 0) is 38.1 Å². The van der Waals surface area contributed by atoms with Gasteiger partial charge in [-0.25, -0.2) is 0 Å². The van der Waals surface area contributed by atoms with E-state index >= 15 is 0 Å². The summed E-state index contributed by atoms with van der Waals surface area (Å²) in [6.07, 6.45) is 8.94. The molecule has 0 fully saturated rings. The SMILES string of the molecule is C/C=C/C/C(C(=O)OCC)=C(C(=O)OCC)\C(C(=O)OCC)=[C](\C(=O)OCC)[Sn]([CH2]CCC)([CH2]CCC)[CH2]CCC. The summed E-state index contributed by atoms with van der Waals surface area (Å²) in [7, 11) is 0. The number of ether oxygens (including phenoxy) is 4. The van der Waals surface area contributed by atoms with Crippen molar-refractivity contribution in [3.8, 4) is 0 Å². The zero-order valence-electron chi connectivity index (χ0n) is 26.8. The summed E-state index contributed by atoms with van der Waals surface area (Å²) in [5.41, 5.74) is -0.430. The predicted octanol–water partition coefficient (Wildman–Crippen LogP) is 7.19. The number of carbonyl (C=O) groups excluding carboxylic acids is 4. The van der Waals surface area contributed by atoms with Crippen LogP contribution in [0.4, 0.5) is 0 Å². The number of rotatable bonds is 21. The summed E-state index contributed by atoms with van der Waals surface area (Å²) in [5.74, 6) is -3.00. The third-order valence-electron chi connectivity index (χ3n) is 6.88. The van der Waals surface area contributed by atoms with Crippen LogP contribution in [0.5, 0.6) is 0 Å². The summed E-state index contributed by atoms with van der Waals surface area (Å²) >= 11 is -3.85. The third-order valence-corrected chi connectivity index (χ3v) is 22.4. The van der Waals surface area contributed by atoms with E-state index in [1.54, 1.807) is 46.8 Å². The van der Waals surface area contributed by atoms with Gasteiger partial charge in [0.15, 0.2) is 0 Å². The van der Waals surface area contributed by atoms with Gasteiger partial charge in [0.05, 0.1) is 0 Å². The molecule has 8 nitrogen and oxygen atoms in total. The molecule has 0 aliphatic rings. The molecule has 0 aliphatic heterocycles. The first-order valence-electron chi connectivity index (χ1n) is 15.5. The van der Waals surface area contributed by atoms with Gasteiger partial charge in [-0.3, -0.25) is 0 Å². The molecule has 0 aromatic rings. The number of unbranched alkanes of at least 4 members (excludes halogenated alkanes) is 3. The minimum atomic E-state index is -3.85. The molecule has 0 saturated heterocycles. The van der Waals surface area contributed by atoms with E-state index in [4.69, 9.17) is 18.9 Å². The molecule has 0 radical (unpaired) electrons. The molecule has 0 amide bonds. The van der Waals surface area contributed by atoms with Gasteiger partial charge < -0.3 is 0 Å². The van der Waals surface area contributed by atoms with Crippen molar-refractivity contribution in [2.45, 2.75) is 114 Å². The summed E-state index contributed by atoms with van der Waals surface area (Å²) in [6, 6.07) is 0. The van der Waals surface area contributed by atoms with E-state index in [9.17, 15) is 19.2 Å².